The second-order valence-corrected chi connectivity index (χ2v) is 9.56. The standard InChI is InChI=1S/C20H21ClN6O5S/c21-17-3-1-2-4-18(17)27-20(29)26(23-24-27)14-19(28)22-13-15-5-7-16(8-6-15)33(30,31)25-9-11-32-12-10-25/h1-8H,9-14H2,(H,22,28). The highest BCUT2D eigenvalue weighted by Gasteiger charge is 2.26. The van der Waals surface area contributed by atoms with E-state index < -0.39 is 21.6 Å². The smallest absolute Gasteiger partial charge is 0.369 e. The van der Waals surface area contributed by atoms with Crippen LogP contribution in [0.2, 0.25) is 5.02 Å². The molecule has 2 heterocycles. The number of ether oxygens (including phenoxy) is 1. The first kappa shape index (κ1) is 23.1. The third kappa shape index (κ3) is 5.14. The molecule has 1 amide bonds. The molecule has 0 saturated carbocycles. The normalized spacial score (nSPS) is 14.8. The average molecular weight is 493 g/mol. The molecule has 0 radical (unpaired) electrons. The van der Waals surface area contributed by atoms with Crippen molar-refractivity contribution < 1.29 is 17.9 Å². The lowest BCUT2D eigenvalue weighted by molar-refractivity contribution is -0.122. The summed E-state index contributed by atoms with van der Waals surface area (Å²) in [6, 6.07) is 12.9. The van der Waals surface area contributed by atoms with Crippen molar-refractivity contribution in [3.63, 3.8) is 0 Å². The van der Waals surface area contributed by atoms with Crippen LogP contribution in [0.4, 0.5) is 0 Å². The second kappa shape index (κ2) is 9.83. The zero-order chi connectivity index (χ0) is 23.4. The van der Waals surface area contributed by atoms with Gasteiger partial charge in [-0.3, -0.25) is 4.79 Å². The Morgan fingerprint density at radius 3 is 2.45 bits per heavy atom. The fraction of sp³-hybridized carbons (Fsp3) is 0.300. The van der Waals surface area contributed by atoms with Crippen LogP contribution in [-0.4, -0.2) is 64.7 Å². The van der Waals surface area contributed by atoms with Gasteiger partial charge >= 0.3 is 5.69 Å². The molecule has 0 aliphatic carbocycles. The Kier molecular flexibility index (Phi) is 6.88. The number of benzene rings is 2. The summed E-state index contributed by atoms with van der Waals surface area (Å²) in [5, 5.41) is 10.5. The number of para-hydroxylation sites is 1. The third-order valence-corrected chi connectivity index (χ3v) is 7.27. The molecular weight excluding hydrogens is 472 g/mol. The van der Waals surface area contributed by atoms with Gasteiger partial charge in [-0.25, -0.2) is 13.2 Å². The molecule has 11 nitrogen and oxygen atoms in total. The Balaban J connectivity index is 1.36. The van der Waals surface area contributed by atoms with Crippen LogP contribution in [-0.2, 0) is 32.6 Å². The van der Waals surface area contributed by atoms with E-state index in [0.717, 1.165) is 9.36 Å². The van der Waals surface area contributed by atoms with Gasteiger partial charge in [0.05, 0.1) is 28.8 Å². The molecule has 1 fully saturated rings. The molecule has 1 aliphatic rings. The van der Waals surface area contributed by atoms with E-state index >= 15 is 0 Å². The number of carbonyl (C=O) groups is 1. The Bertz CT molecular complexity index is 1300. The minimum Gasteiger partial charge on any atom is -0.379 e. The number of nitrogens with one attached hydrogen (secondary N) is 1. The van der Waals surface area contributed by atoms with Crippen LogP contribution in [0.25, 0.3) is 5.69 Å². The monoisotopic (exact) mass is 492 g/mol. The van der Waals surface area contributed by atoms with Gasteiger partial charge in [-0.05, 0) is 40.3 Å². The Morgan fingerprint density at radius 2 is 1.76 bits per heavy atom. The number of hydrogen-bond donors (Lipinski definition) is 1. The highest BCUT2D eigenvalue weighted by Crippen LogP contribution is 2.18. The van der Waals surface area contributed by atoms with Crippen molar-refractivity contribution in [3.05, 3.63) is 69.6 Å². The quantitative estimate of drug-likeness (QED) is 0.506. The van der Waals surface area contributed by atoms with Gasteiger partial charge in [0.2, 0.25) is 15.9 Å². The Morgan fingerprint density at radius 1 is 1.06 bits per heavy atom. The summed E-state index contributed by atoms with van der Waals surface area (Å²) in [5.74, 6) is -0.451. The van der Waals surface area contributed by atoms with Crippen LogP contribution < -0.4 is 11.0 Å². The highest BCUT2D eigenvalue weighted by molar-refractivity contribution is 7.89. The van der Waals surface area contributed by atoms with E-state index in [2.05, 4.69) is 15.7 Å². The number of carbonyl (C=O) groups excluding carboxylic acids is 1. The minimum atomic E-state index is -3.58. The van der Waals surface area contributed by atoms with Crippen LogP contribution in [0.5, 0.6) is 0 Å². The van der Waals surface area contributed by atoms with Crippen molar-refractivity contribution in [2.45, 2.75) is 18.0 Å². The molecule has 1 aliphatic heterocycles. The zero-order valence-corrected chi connectivity index (χ0v) is 19.0. The predicted molar refractivity (Wildman–Crippen MR) is 118 cm³/mol. The van der Waals surface area contributed by atoms with Crippen molar-refractivity contribution in [1.82, 2.24) is 29.4 Å². The number of morpholine rings is 1. The minimum absolute atomic E-state index is 0.157. The molecule has 0 bridgehead atoms. The Labute approximate surface area is 194 Å². The predicted octanol–water partition coefficient (Wildman–Crippen LogP) is 0.420. The maximum atomic E-state index is 12.7. The number of sulfonamides is 1. The lowest BCUT2D eigenvalue weighted by atomic mass is 10.2. The molecule has 1 aromatic heterocycles. The van der Waals surface area contributed by atoms with Crippen molar-refractivity contribution in [1.29, 1.82) is 0 Å². The molecule has 3 aromatic rings. The van der Waals surface area contributed by atoms with Gasteiger partial charge in [0, 0.05) is 19.6 Å². The van der Waals surface area contributed by atoms with Crippen LogP contribution in [0, 0.1) is 0 Å². The van der Waals surface area contributed by atoms with E-state index in [0.29, 0.717) is 42.6 Å². The van der Waals surface area contributed by atoms with Crippen molar-refractivity contribution in [3.8, 4) is 5.69 Å². The molecule has 13 heteroatoms. The average Bonchev–Trinajstić information content (AvgIpc) is 3.18. The maximum Gasteiger partial charge on any atom is 0.369 e. The van der Waals surface area contributed by atoms with Gasteiger partial charge in [0.25, 0.3) is 0 Å². The van der Waals surface area contributed by atoms with E-state index in [9.17, 15) is 18.0 Å². The number of hydrogen-bond acceptors (Lipinski definition) is 7. The van der Waals surface area contributed by atoms with Gasteiger partial charge < -0.3 is 10.1 Å². The molecule has 174 valence electrons. The molecule has 0 spiro atoms. The Hall–Kier alpha value is -3.06. The lowest BCUT2D eigenvalue weighted by Crippen LogP contribution is -2.40. The molecule has 4 rings (SSSR count). The van der Waals surface area contributed by atoms with Crippen LogP contribution in [0.15, 0.2) is 58.2 Å². The van der Waals surface area contributed by atoms with Crippen LogP contribution in [0.1, 0.15) is 5.56 Å². The number of halogens is 1. The number of nitrogens with zero attached hydrogens (tertiary/aromatic N) is 5. The number of tetrazole rings is 1. The molecular formula is C20H21ClN6O5S. The third-order valence-electron chi connectivity index (χ3n) is 5.03. The van der Waals surface area contributed by atoms with Gasteiger partial charge in [-0.2, -0.15) is 13.7 Å². The first-order chi connectivity index (χ1) is 15.9. The number of amides is 1. The molecule has 2 aromatic carbocycles. The topological polar surface area (TPSA) is 128 Å². The van der Waals surface area contributed by atoms with Crippen molar-refractivity contribution >= 4 is 27.5 Å². The highest BCUT2D eigenvalue weighted by atomic mass is 35.5. The van der Waals surface area contributed by atoms with Gasteiger partial charge in [-0.15, -0.1) is 0 Å². The first-order valence-electron chi connectivity index (χ1n) is 10.1. The van der Waals surface area contributed by atoms with E-state index in [1.807, 2.05) is 0 Å². The fourth-order valence-electron chi connectivity index (χ4n) is 3.26. The number of aromatic nitrogens is 4. The van der Waals surface area contributed by atoms with Gasteiger partial charge in [0.1, 0.15) is 6.54 Å². The molecule has 0 unspecified atom stereocenters. The second-order valence-electron chi connectivity index (χ2n) is 7.22. The van der Waals surface area contributed by atoms with Crippen LogP contribution >= 0.6 is 11.6 Å². The van der Waals surface area contributed by atoms with Crippen molar-refractivity contribution in [2.75, 3.05) is 26.3 Å². The lowest BCUT2D eigenvalue weighted by Gasteiger charge is -2.26. The van der Waals surface area contributed by atoms with E-state index in [4.69, 9.17) is 16.3 Å². The fourth-order valence-corrected chi connectivity index (χ4v) is 4.88. The summed E-state index contributed by atoms with van der Waals surface area (Å²) < 4.78 is 33.9. The van der Waals surface area contributed by atoms with Gasteiger partial charge in [-0.1, -0.05) is 35.9 Å². The van der Waals surface area contributed by atoms with Crippen LogP contribution in [0.3, 0.4) is 0 Å². The summed E-state index contributed by atoms with van der Waals surface area (Å²) in [6.45, 7) is 1.22. The largest absolute Gasteiger partial charge is 0.379 e. The summed E-state index contributed by atoms with van der Waals surface area (Å²) in [6.07, 6.45) is 0. The summed E-state index contributed by atoms with van der Waals surface area (Å²) in [4.78, 5) is 25.0. The summed E-state index contributed by atoms with van der Waals surface area (Å²) >= 11 is 6.08. The van der Waals surface area contributed by atoms with Crippen molar-refractivity contribution in [2.24, 2.45) is 0 Å². The molecule has 0 atom stereocenters. The molecule has 1 saturated heterocycles. The zero-order valence-electron chi connectivity index (χ0n) is 17.4. The summed E-state index contributed by atoms with van der Waals surface area (Å²) in [5.41, 5.74) is 0.468. The van der Waals surface area contributed by atoms with E-state index in [-0.39, 0.29) is 18.0 Å². The SMILES string of the molecule is O=C(Cn1nnn(-c2ccccc2Cl)c1=O)NCc1ccc(S(=O)(=O)N2CCOCC2)cc1. The van der Waals surface area contributed by atoms with E-state index in [1.165, 1.54) is 16.4 Å². The summed E-state index contributed by atoms with van der Waals surface area (Å²) in [7, 11) is -3.58. The molecule has 33 heavy (non-hydrogen) atoms. The van der Waals surface area contributed by atoms with E-state index in [1.54, 1.807) is 36.4 Å². The van der Waals surface area contributed by atoms with Gasteiger partial charge in [0.15, 0.2) is 0 Å². The maximum absolute atomic E-state index is 12.7. The molecule has 1 N–H and O–H groups in total. The number of rotatable bonds is 7. The first-order valence-corrected chi connectivity index (χ1v) is 11.9.